The van der Waals surface area contributed by atoms with Crippen molar-refractivity contribution in [3.05, 3.63) is 61.3 Å². The standard InChI is InChI=1S/C15H9BrO4/c1-19-9-3-4-10-13(7-9)20-12-5-2-8(16)6-11(12)15(18)14(10)17/h2-7H,1H3. The van der Waals surface area contributed by atoms with Crippen molar-refractivity contribution in [2.75, 3.05) is 7.11 Å². The van der Waals surface area contributed by atoms with E-state index >= 15 is 0 Å². The number of fused-ring (bicyclic) bond motifs is 2. The summed E-state index contributed by atoms with van der Waals surface area (Å²) in [5.41, 5.74) is -0.480. The van der Waals surface area contributed by atoms with E-state index in [1.54, 1.807) is 30.3 Å². The molecule has 0 N–H and O–H groups in total. The molecule has 0 unspecified atom stereocenters. The fourth-order valence-electron chi connectivity index (χ4n) is 2.03. The van der Waals surface area contributed by atoms with E-state index in [1.165, 1.54) is 13.2 Å². The summed E-state index contributed by atoms with van der Waals surface area (Å²) in [6, 6.07) is 9.74. The van der Waals surface area contributed by atoms with E-state index in [1.807, 2.05) is 0 Å². The molecule has 5 heteroatoms. The zero-order chi connectivity index (χ0) is 14.3. The highest BCUT2D eigenvalue weighted by Crippen LogP contribution is 2.22. The first-order chi connectivity index (χ1) is 9.60. The van der Waals surface area contributed by atoms with E-state index in [0.717, 1.165) is 0 Å². The van der Waals surface area contributed by atoms with Crippen LogP contribution in [-0.4, -0.2) is 7.11 Å². The Morgan fingerprint density at radius 3 is 2.45 bits per heavy atom. The SMILES string of the molecule is COc1ccc2c(=O)c(=O)c3cc(Br)ccc3oc2c1. The Morgan fingerprint density at radius 2 is 1.70 bits per heavy atom. The van der Waals surface area contributed by atoms with Crippen LogP contribution in [0.2, 0.25) is 0 Å². The smallest absolute Gasteiger partial charge is 0.237 e. The lowest BCUT2D eigenvalue weighted by atomic mass is 10.2. The summed E-state index contributed by atoms with van der Waals surface area (Å²) in [7, 11) is 1.52. The normalized spacial score (nSPS) is 10.9. The molecule has 4 nitrogen and oxygen atoms in total. The number of halogens is 1. The molecule has 3 aromatic rings. The van der Waals surface area contributed by atoms with Gasteiger partial charge in [0.15, 0.2) is 0 Å². The maximum absolute atomic E-state index is 12.2. The zero-order valence-corrected chi connectivity index (χ0v) is 12.1. The number of benzene rings is 2. The number of hydrogen-bond acceptors (Lipinski definition) is 4. The molecule has 0 aliphatic rings. The van der Waals surface area contributed by atoms with Gasteiger partial charge in [0.05, 0.1) is 17.9 Å². The van der Waals surface area contributed by atoms with Crippen LogP contribution in [0.15, 0.2) is 54.9 Å². The summed E-state index contributed by atoms with van der Waals surface area (Å²) < 4.78 is 11.5. The summed E-state index contributed by atoms with van der Waals surface area (Å²) >= 11 is 3.28. The minimum absolute atomic E-state index is 0.239. The first-order valence-electron chi connectivity index (χ1n) is 5.84. The van der Waals surface area contributed by atoms with E-state index in [-0.39, 0.29) is 10.8 Å². The first kappa shape index (κ1) is 12.9. The van der Waals surface area contributed by atoms with Crippen molar-refractivity contribution >= 4 is 37.9 Å². The lowest BCUT2D eigenvalue weighted by Gasteiger charge is -1.98. The van der Waals surface area contributed by atoms with Crippen LogP contribution in [0.25, 0.3) is 21.9 Å². The maximum Gasteiger partial charge on any atom is 0.237 e. The van der Waals surface area contributed by atoms with Crippen molar-refractivity contribution in [2.24, 2.45) is 0 Å². The van der Waals surface area contributed by atoms with Gasteiger partial charge in [0, 0.05) is 10.5 Å². The van der Waals surface area contributed by atoms with Gasteiger partial charge in [-0.15, -0.1) is 0 Å². The number of ether oxygens (including phenoxy) is 1. The number of methoxy groups -OCH3 is 1. The summed E-state index contributed by atoms with van der Waals surface area (Å²) in [4.78, 5) is 24.4. The number of hydrogen-bond donors (Lipinski definition) is 0. The molecular weight excluding hydrogens is 324 g/mol. The molecule has 0 amide bonds. The third kappa shape index (κ3) is 2.00. The van der Waals surface area contributed by atoms with Crippen molar-refractivity contribution < 1.29 is 9.15 Å². The van der Waals surface area contributed by atoms with E-state index in [4.69, 9.17) is 9.15 Å². The van der Waals surface area contributed by atoms with Gasteiger partial charge in [0.1, 0.15) is 16.9 Å². The van der Waals surface area contributed by atoms with E-state index < -0.39 is 10.9 Å². The van der Waals surface area contributed by atoms with Crippen LogP contribution in [0.1, 0.15) is 0 Å². The Kier molecular flexibility index (Phi) is 3.06. The Morgan fingerprint density at radius 1 is 0.950 bits per heavy atom. The Bertz CT molecular complexity index is 944. The van der Waals surface area contributed by atoms with Gasteiger partial charge in [0.2, 0.25) is 10.9 Å². The zero-order valence-electron chi connectivity index (χ0n) is 10.5. The third-order valence-electron chi connectivity index (χ3n) is 3.05. The molecule has 0 radical (unpaired) electrons. The summed E-state index contributed by atoms with van der Waals surface area (Å²) in [5, 5.41) is 0.489. The molecule has 100 valence electrons. The molecule has 0 saturated heterocycles. The van der Waals surface area contributed by atoms with Gasteiger partial charge in [0.25, 0.3) is 0 Å². The van der Waals surface area contributed by atoms with Gasteiger partial charge in [-0.3, -0.25) is 9.59 Å². The molecule has 20 heavy (non-hydrogen) atoms. The van der Waals surface area contributed by atoms with Crippen molar-refractivity contribution in [2.45, 2.75) is 0 Å². The van der Waals surface area contributed by atoms with Gasteiger partial charge in [-0.1, -0.05) is 15.9 Å². The molecule has 0 bridgehead atoms. The van der Waals surface area contributed by atoms with Crippen LogP contribution in [-0.2, 0) is 0 Å². The highest BCUT2D eigenvalue weighted by Gasteiger charge is 2.09. The second-order valence-corrected chi connectivity index (χ2v) is 5.18. The maximum atomic E-state index is 12.2. The van der Waals surface area contributed by atoms with Crippen molar-refractivity contribution in [1.82, 2.24) is 0 Å². The Labute approximate surface area is 121 Å². The molecule has 0 saturated carbocycles. The molecule has 0 fully saturated rings. The monoisotopic (exact) mass is 332 g/mol. The Balaban J connectivity index is 2.61. The lowest BCUT2D eigenvalue weighted by Crippen LogP contribution is -2.21. The first-order valence-corrected chi connectivity index (χ1v) is 6.64. The van der Waals surface area contributed by atoms with Crippen LogP contribution < -0.4 is 15.6 Å². The van der Waals surface area contributed by atoms with Crippen LogP contribution in [0.3, 0.4) is 0 Å². The molecule has 0 aliphatic carbocycles. The van der Waals surface area contributed by atoms with Crippen molar-refractivity contribution in [3.8, 4) is 5.75 Å². The molecule has 0 aliphatic heterocycles. The van der Waals surface area contributed by atoms with Crippen molar-refractivity contribution in [3.63, 3.8) is 0 Å². The lowest BCUT2D eigenvalue weighted by molar-refractivity contribution is 0.414. The summed E-state index contributed by atoms with van der Waals surface area (Å²) in [6.07, 6.45) is 0. The second kappa shape index (κ2) is 4.76. The fraction of sp³-hybridized carbons (Fsp3) is 0.0667. The molecule has 1 aromatic heterocycles. The molecule has 3 rings (SSSR count). The predicted molar refractivity (Wildman–Crippen MR) is 80.5 cm³/mol. The van der Waals surface area contributed by atoms with E-state index in [0.29, 0.717) is 21.4 Å². The van der Waals surface area contributed by atoms with E-state index in [2.05, 4.69) is 15.9 Å². The van der Waals surface area contributed by atoms with Gasteiger partial charge >= 0.3 is 0 Å². The van der Waals surface area contributed by atoms with Crippen LogP contribution in [0.5, 0.6) is 5.75 Å². The molecule has 0 atom stereocenters. The largest absolute Gasteiger partial charge is 0.497 e. The Hall–Kier alpha value is -2.14. The molecular formula is C15H9BrO4. The quantitative estimate of drug-likeness (QED) is 0.642. The summed E-state index contributed by atoms with van der Waals surface area (Å²) in [5.74, 6) is 0.560. The third-order valence-corrected chi connectivity index (χ3v) is 3.54. The molecule has 0 spiro atoms. The minimum atomic E-state index is -0.584. The average Bonchev–Trinajstić information content (AvgIpc) is 2.56. The minimum Gasteiger partial charge on any atom is -0.497 e. The second-order valence-electron chi connectivity index (χ2n) is 4.26. The number of rotatable bonds is 1. The van der Waals surface area contributed by atoms with Gasteiger partial charge in [-0.25, -0.2) is 0 Å². The van der Waals surface area contributed by atoms with Crippen molar-refractivity contribution in [1.29, 1.82) is 0 Å². The van der Waals surface area contributed by atoms with E-state index in [9.17, 15) is 9.59 Å². The summed E-state index contributed by atoms with van der Waals surface area (Å²) in [6.45, 7) is 0. The predicted octanol–water partition coefficient (Wildman–Crippen LogP) is 3.08. The van der Waals surface area contributed by atoms with Gasteiger partial charge in [-0.2, -0.15) is 0 Å². The van der Waals surface area contributed by atoms with Gasteiger partial charge < -0.3 is 9.15 Å². The van der Waals surface area contributed by atoms with Crippen LogP contribution in [0.4, 0.5) is 0 Å². The molecule has 2 aromatic carbocycles. The average molecular weight is 333 g/mol. The highest BCUT2D eigenvalue weighted by molar-refractivity contribution is 9.10. The molecule has 1 heterocycles. The van der Waals surface area contributed by atoms with Crippen LogP contribution in [0, 0.1) is 0 Å². The van der Waals surface area contributed by atoms with Crippen LogP contribution >= 0.6 is 15.9 Å². The van der Waals surface area contributed by atoms with Gasteiger partial charge in [-0.05, 0) is 30.3 Å². The topological polar surface area (TPSA) is 56.5 Å². The fourth-order valence-corrected chi connectivity index (χ4v) is 2.39. The highest BCUT2D eigenvalue weighted by atomic mass is 79.9.